The van der Waals surface area contributed by atoms with Crippen LogP contribution in [0.2, 0.25) is 0 Å². The molecule has 3 rings (SSSR count). The predicted molar refractivity (Wildman–Crippen MR) is 81.7 cm³/mol. The standard InChI is InChI=1S/C16H18BrNO/c1-11-6-9-16(19-11)14(17)10-13-8-7-12-4-2-3-5-15(12)18-13/h2-5,7-8,11,14,16H,6,9-10H2,1H3. The van der Waals surface area contributed by atoms with Crippen LogP contribution in [0.1, 0.15) is 25.5 Å². The maximum absolute atomic E-state index is 5.91. The van der Waals surface area contributed by atoms with E-state index in [-0.39, 0.29) is 0 Å². The highest BCUT2D eigenvalue weighted by Crippen LogP contribution is 2.27. The summed E-state index contributed by atoms with van der Waals surface area (Å²) in [5, 5.41) is 1.20. The Balaban J connectivity index is 1.74. The van der Waals surface area contributed by atoms with Gasteiger partial charge < -0.3 is 4.74 Å². The highest BCUT2D eigenvalue weighted by Gasteiger charge is 2.28. The fourth-order valence-corrected chi connectivity index (χ4v) is 3.37. The molecule has 0 aliphatic carbocycles. The van der Waals surface area contributed by atoms with E-state index in [1.54, 1.807) is 0 Å². The molecule has 1 saturated heterocycles. The Labute approximate surface area is 122 Å². The highest BCUT2D eigenvalue weighted by molar-refractivity contribution is 9.09. The third kappa shape index (κ3) is 2.98. The number of nitrogens with zero attached hydrogens (tertiary/aromatic N) is 1. The number of hydrogen-bond donors (Lipinski definition) is 0. The predicted octanol–water partition coefficient (Wildman–Crippen LogP) is 4.11. The van der Waals surface area contributed by atoms with Crippen LogP contribution in [0.3, 0.4) is 0 Å². The van der Waals surface area contributed by atoms with Gasteiger partial charge >= 0.3 is 0 Å². The number of fused-ring (bicyclic) bond motifs is 1. The summed E-state index contributed by atoms with van der Waals surface area (Å²) in [5.74, 6) is 0. The van der Waals surface area contributed by atoms with Crippen LogP contribution >= 0.6 is 15.9 Å². The smallest absolute Gasteiger partial charge is 0.0708 e. The topological polar surface area (TPSA) is 22.1 Å². The van der Waals surface area contributed by atoms with Crippen LogP contribution in [0.25, 0.3) is 10.9 Å². The first kappa shape index (κ1) is 13.1. The molecule has 0 spiro atoms. The number of hydrogen-bond acceptors (Lipinski definition) is 2. The average molecular weight is 320 g/mol. The molecule has 1 fully saturated rings. The second-order valence-corrected chi connectivity index (χ2v) is 6.45. The van der Waals surface area contributed by atoms with Gasteiger partial charge in [0.05, 0.1) is 17.7 Å². The van der Waals surface area contributed by atoms with Gasteiger partial charge in [0, 0.05) is 22.3 Å². The molecule has 100 valence electrons. The summed E-state index contributed by atoms with van der Waals surface area (Å²) in [6.45, 7) is 2.15. The van der Waals surface area contributed by atoms with Crippen LogP contribution in [0, 0.1) is 0 Å². The molecule has 1 aliphatic heterocycles. The molecule has 2 aromatic rings. The molecule has 19 heavy (non-hydrogen) atoms. The first-order valence-electron chi connectivity index (χ1n) is 6.86. The van der Waals surface area contributed by atoms with Crippen molar-refractivity contribution in [3.63, 3.8) is 0 Å². The summed E-state index contributed by atoms with van der Waals surface area (Å²) < 4.78 is 5.91. The quantitative estimate of drug-likeness (QED) is 0.794. The highest BCUT2D eigenvalue weighted by atomic mass is 79.9. The minimum atomic E-state index is 0.322. The third-order valence-electron chi connectivity index (χ3n) is 3.73. The van der Waals surface area contributed by atoms with Gasteiger partial charge in [0.25, 0.3) is 0 Å². The van der Waals surface area contributed by atoms with Crippen LogP contribution in [0.4, 0.5) is 0 Å². The monoisotopic (exact) mass is 319 g/mol. The van der Waals surface area contributed by atoms with E-state index in [4.69, 9.17) is 9.72 Å². The minimum absolute atomic E-state index is 0.322. The van der Waals surface area contributed by atoms with E-state index in [0.29, 0.717) is 17.0 Å². The lowest BCUT2D eigenvalue weighted by Crippen LogP contribution is -2.23. The molecule has 2 nitrogen and oxygen atoms in total. The van der Waals surface area contributed by atoms with Crippen LogP contribution in [0.5, 0.6) is 0 Å². The first-order valence-corrected chi connectivity index (χ1v) is 7.78. The summed E-state index contributed by atoms with van der Waals surface area (Å²) in [4.78, 5) is 5.07. The van der Waals surface area contributed by atoms with E-state index in [9.17, 15) is 0 Å². The molecule has 0 N–H and O–H groups in total. The van der Waals surface area contributed by atoms with E-state index in [0.717, 1.165) is 30.5 Å². The first-order chi connectivity index (χ1) is 9.22. The molecule has 0 amide bonds. The van der Waals surface area contributed by atoms with Crippen LogP contribution < -0.4 is 0 Å². The zero-order valence-corrected chi connectivity index (χ0v) is 12.6. The van der Waals surface area contributed by atoms with Gasteiger partial charge in [-0.3, -0.25) is 4.98 Å². The zero-order chi connectivity index (χ0) is 13.2. The van der Waals surface area contributed by atoms with Gasteiger partial charge in [-0.2, -0.15) is 0 Å². The van der Waals surface area contributed by atoms with Crippen molar-refractivity contribution in [1.82, 2.24) is 4.98 Å². The molecule has 3 heteroatoms. The van der Waals surface area contributed by atoms with Crippen molar-refractivity contribution in [2.24, 2.45) is 0 Å². The van der Waals surface area contributed by atoms with Crippen LogP contribution in [-0.2, 0) is 11.2 Å². The molecule has 2 heterocycles. The van der Waals surface area contributed by atoms with Gasteiger partial charge in [-0.05, 0) is 31.9 Å². The fraction of sp³-hybridized carbons (Fsp3) is 0.438. The van der Waals surface area contributed by atoms with Crippen molar-refractivity contribution < 1.29 is 4.74 Å². The van der Waals surface area contributed by atoms with Gasteiger partial charge in [0.15, 0.2) is 0 Å². The van der Waals surface area contributed by atoms with Crippen molar-refractivity contribution in [3.05, 3.63) is 42.1 Å². The Hall–Kier alpha value is -0.930. The van der Waals surface area contributed by atoms with E-state index < -0.39 is 0 Å². The second-order valence-electron chi connectivity index (χ2n) is 5.28. The zero-order valence-electron chi connectivity index (χ0n) is 11.1. The molecule has 0 saturated carbocycles. The fourth-order valence-electron chi connectivity index (χ4n) is 2.65. The number of benzene rings is 1. The lowest BCUT2D eigenvalue weighted by molar-refractivity contribution is 0.0557. The Morgan fingerprint density at radius 2 is 2.11 bits per heavy atom. The second kappa shape index (κ2) is 5.59. The van der Waals surface area contributed by atoms with Gasteiger partial charge in [-0.15, -0.1) is 0 Å². The summed E-state index contributed by atoms with van der Waals surface area (Å²) in [5.41, 5.74) is 2.20. The summed E-state index contributed by atoms with van der Waals surface area (Å²) in [6, 6.07) is 12.5. The van der Waals surface area contributed by atoms with Crippen molar-refractivity contribution >= 4 is 26.8 Å². The van der Waals surface area contributed by atoms with Gasteiger partial charge in [-0.1, -0.05) is 40.2 Å². The molecule has 1 aromatic carbocycles. The number of halogens is 1. The molecular formula is C16H18BrNO. The van der Waals surface area contributed by atoms with E-state index in [1.807, 2.05) is 12.1 Å². The molecular weight excluding hydrogens is 302 g/mol. The molecule has 1 aliphatic rings. The molecule has 3 unspecified atom stereocenters. The van der Waals surface area contributed by atoms with E-state index in [1.165, 1.54) is 5.39 Å². The maximum Gasteiger partial charge on any atom is 0.0708 e. The Bertz CT molecular complexity index is 571. The SMILES string of the molecule is CC1CCC(C(Br)Cc2ccc3ccccc3n2)O1. The average Bonchev–Trinajstić information content (AvgIpc) is 2.85. The summed E-state index contributed by atoms with van der Waals surface area (Å²) in [7, 11) is 0. The van der Waals surface area contributed by atoms with Crippen molar-refractivity contribution in [3.8, 4) is 0 Å². The van der Waals surface area contributed by atoms with Crippen molar-refractivity contribution in [2.45, 2.75) is 43.2 Å². The number of ether oxygens (including phenoxy) is 1. The summed E-state index contributed by atoms with van der Waals surface area (Å²) in [6.07, 6.45) is 3.95. The minimum Gasteiger partial charge on any atom is -0.374 e. The lowest BCUT2D eigenvalue weighted by atomic mass is 10.1. The van der Waals surface area contributed by atoms with Crippen LogP contribution in [0.15, 0.2) is 36.4 Å². The number of rotatable bonds is 3. The Morgan fingerprint density at radius 1 is 1.26 bits per heavy atom. The molecule has 1 aromatic heterocycles. The Morgan fingerprint density at radius 3 is 2.89 bits per heavy atom. The largest absolute Gasteiger partial charge is 0.374 e. The van der Waals surface area contributed by atoms with Crippen molar-refractivity contribution in [1.29, 1.82) is 0 Å². The lowest BCUT2D eigenvalue weighted by Gasteiger charge is -2.17. The Kier molecular flexibility index (Phi) is 3.85. The number of aromatic nitrogens is 1. The molecule has 0 radical (unpaired) electrons. The third-order valence-corrected chi connectivity index (χ3v) is 4.64. The van der Waals surface area contributed by atoms with E-state index in [2.05, 4.69) is 47.1 Å². The molecule has 3 atom stereocenters. The normalized spacial score (nSPS) is 24.7. The van der Waals surface area contributed by atoms with Gasteiger partial charge in [0.2, 0.25) is 0 Å². The van der Waals surface area contributed by atoms with Gasteiger partial charge in [0.1, 0.15) is 0 Å². The maximum atomic E-state index is 5.91. The number of alkyl halides is 1. The number of para-hydroxylation sites is 1. The van der Waals surface area contributed by atoms with E-state index >= 15 is 0 Å². The van der Waals surface area contributed by atoms with Crippen molar-refractivity contribution in [2.75, 3.05) is 0 Å². The van der Waals surface area contributed by atoms with Crippen LogP contribution in [-0.4, -0.2) is 22.0 Å². The summed E-state index contributed by atoms with van der Waals surface area (Å²) >= 11 is 3.77. The molecule has 0 bridgehead atoms. The van der Waals surface area contributed by atoms with Gasteiger partial charge in [-0.25, -0.2) is 0 Å². The number of pyridine rings is 1.